The Morgan fingerprint density at radius 2 is 2.41 bits per heavy atom. The number of nitrogens with two attached hydrogens (primary N) is 1. The third-order valence-corrected chi connectivity index (χ3v) is 3.07. The lowest BCUT2D eigenvalue weighted by Crippen LogP contribution is -2.30. The molecule has 0 aliphatic rings. The van der Waals surface area contributed by atoms with Gasteiger partial charge in [-0.05, 0) is 25.1 Å². The number of nitrogens with zero attached hydrogens (tertiary/aromatic N) is 1. The fourth-order valence-electron chi connectivity index (χ4n) is 1.43. The number of carbonyl (C=O) groups excluding carboxylic acids is 1. The Labute approximate surface area is 102 Å². The summed E-state index contributed by atoms with van der Waals surface area (Å²) in [5, 5.41) is 12.2. The molecule has 0 aliphatic heterocycles. The molecule has 0 aliphatic carbocycles. The highest BCUT2D eigenvalue weighted by atomic mass is 32.1. The number of hydrogen-bond acceptors (Lipinski definition) is 5. The number of nitrogen functional groups attached to an aromatic ring is 1. The van der Waals surface area contributed by atoms with Crippen molar-refractivity contribution >= 4 is 32.6 Å². The topological polar surface area (TPSA) is 88.2 Å². The number of anilines is 1. The predicted molar refractivity (Wildman–Crippen MR) is 68.0 cm³/mol. The molecule has 2 aromatic rings. The van der Waals surface area contributed by atoms with Gasteiger partial charge in [0.2, 0.25) is 0 Å². The van der Waals surface area contributed by atoms with Gasteiger partial charge in [0.05, 0.1) is 16.3 Å². The maximum Gasteiger partial charge on any atom is 0.251 e. The quantitative estimate of drug-likeness (QED) is 0.759. The molecule has 0 radical (unpaired) electrons. The van der Waals surface area contributed by atoms with Gasteiger partial charge in [-0.15, -0.1) is 0 Å². The van der Waals surface area contributed by atoms with Crippen LogP contribution in [0.25, 0.3) is 10.2 Å². The second-order valence-electron chi connectivity index (χ2n) is 3.79. The number of carbonyl (C=O) groups is 1. The smallest absolute Gasteiger partial charge is 0.251 e. The lowest BCUT2D eigenvalue weighted by molar-refractivity contribution is 0.0924. The zero-order chi connectivity index (χ0) is 12.4. The molecule has 0 spiro atoms. The van der Waals surface area contributed by atoms with Crippen LogP contribution in [0.5, 0.6) is 0 Å². The third kappa shape index (κ3) is 2.72. The molecule has 0 fully saturated rings. The number of benzene rings is 1. The fraction of sp³-hybridized carbons (Fsp3) is 0.273. The van der Waals surface area contributed by atoms with Crippen LogP contribution >= 0.6 is 11.3 Å². The van der Waals surface area contributed by atoms with Crippen LogP contribution in [0.1, 0.15) is 17.3 Å². The van der Waals surface area contributed by atoms with Crippen molar-refractivity contribution in [2.24, 2.45) is 0 Å². The van der Waals surface area contributed by atoms with Crippen molar-refractivity contribution in [2.75, 3.05) is 12.3 Å². The van der Waals surface area contributed by atoms with Crippen molar-refractivity contribution in [1.29, 1.82) is 0 Å². The monoisotopic (exact) mass is 251 g/mol. The average molecular weight is 251 g/mol. The lowest BCUT2D eigenvalue weighted by Gasteiger charge is -2.06. The highest BCUT2D eigenvalue weighted by Gasteiger charge is 2.09. The SMILES string of the molecule is C[C@H](O)CNC(=O)c1ccc2nc(N)sc2c1. The summed E-state index contributed by atoms with van der Waals surface area (Å²) in [7, 11) is 0. The normalized spacial score (nSPS) is 12.6. The summed E-state index contributed by atoms with van der Waals surface area (Å²) in [4.78, 5) is 15.8. The van der Waals surface area contributed by atoms with Gasteiger partial charge in [-0.3, -0.25) is 4.79 Å². The van der Waals surface area contributed by atoms with E-state index in [-0.39, 0.29) is 12.5 Å². The Kier molecular flexibility index (Phi) is 3.26. The minimum absolute atomic E-state index is 0.209. The summed E-state index contributed by atoms with van der Waals surface area (Å²) >= 11 is 1.35. The van der Waals surface area contributed by atoms with Gasteiger partial charge in [0.25, 0.3) is 5.91 Å². The van der Waals surface area contributed by atoms with Crippen molar-refractivity contribution in [3.8, 4) is 0 Å². The minimum atomic E-state index is -0.554. The minimum Gasteiger partial charge on any atom is -0.392 e. The lowest BCUT2D eigenvalue weighted by atomic mass is 10.2. The molecular weight excluding hydrogens is 238 g/mol. The van der Waals surface area contributed by atoms with E-state index in [4.69, 9.17) is 10.8 Å². The second kappa shape index (κ2) is 4.68. The summed E-state index contributed by atoms with van der Waals surface area (Å²) < 4.78 is 0.882. The Bertz CT molecular complexity index is 551. The molecule has 6 heteroatoms. The van der Waals surface area contributed by atoms with E-state index in [2.05, 4.69) is 10.3 Å². The van der Waals surface area contributed by atoms with E-state index < -0.39 is 6.10 Å². The number of aromatic nitrogens is 1. The molecule has 0 bridgehead atoms. The number of fused-ring (bicyclic) bond motifs is 1. The highest BCUT2D eigenvalue weighted by molar-refractivity contribution is 7.22. The van der Waals surface area contributed by atoms with Gasteiger partial charge in [0.1, 0.15) is 0 Å². The predicted octanol–water partition coefficient (Wildman–Crippen LogP) is 0.989. The molecule has 4 N–H and O–H groups in total. The van der Waals surface area contributed by atoms with Crippen molar-refractivity contribution in [2.45, 2.75) is 13.0 Å². The Morgan fingerprint density at radius 1 is 1.65 bits per heavy atom. The molecule has 1 aromatic heterocycles. The molecule has 1 amide bonds. The van der Waals surface area contributed by atoms with Crippen LogP contribution in [0.15, 0.2) is 18.2 Å². The summed E-state index contributed by atoms with van der Waals surface area (Å²) in [6, 6.07) is 5.21. The van der Waals surface area contributed by atoms with E-state index in [0.717, 1.165) is 10.2 Å². The van der Waals surface area contributed by atoms with Crippen LogP contribution in [0.2, 0.25) is 0 Å². The van der Waals surface area contributed by atoms with E-state index in [1.165, 1.54) is 11.3 Å². The fourth-order valence-corrected chi connectivity index (χ4v) is 2.20. The van der Waals surface area contributed by atoms with Gasteiger partial charge in [0, 0.05) is 12.1 Å². The summed E-state index contributed by atoms with van der Waals surface area (Å²) in [6.45, 7) is 1.86. The molecule has 1 aromatic carbocycles. The molecule has 17 heavy (non-hydrogen) atoms. The van der Waals surface area contributed by atoms with Gasteiger partial charge < -0.3 is 16.2 Å². The van der Waals surface area contributed by atoms with Crippen LogP contribution in [0.4, 0.5) is 5.13 Å². The summed E-state index contributed by atoms with van der Waals surface area (Å²) in [5.41, 5.74) is 6.92. The van der Waals surface area contributed by atoms with Crippen molar-refractivity contribution < 1.29 is 9.90 Å². The van der Waals surface area contributed by atoms with Gasteiger partial charge in [-0.2, -0.15) is 0 Å². The Balaban J connectivity index is 2.20. The number of thiazole rings is 1. The molecular formula is C11H13N3O2S. The van der Waals surface area contributed by atoms with E-state index in [1.54, 1.807) is 25.1 Å². The molecule has 0 saturated carbocycles. The maximum atomic E-state index is 11.7. The largest absolute Gasteiger partial charge is 0.392 e. The zero-order valence-corrected chi connectivity index (χ0v) is 10.1. The first-order chi connectivity index (χ1) is 8.06. The van der Waals surface area contributed by atoms with Crippen LogP contribution in [0.3, 0.4) is 0 Å². The molecule has 2 rings (SSSR count). The first-order valence-electron chi connectivity index (χ1n) is 5.18. The van der Waals surface area contributed by atoms with Crippen LogP contribution in [0, 0.1) is 0 Å². The van der Waals surface area contributed by atoms with Crippen LogP contribution in [-0.2, 0) is 0 Å². The summed E-state index contributed by atoms with van der Waals surface area (Å²) in [6.07, 6.45) is -0.554. The Morgan fingerprint density at radius 3 is 3.12 bits per heavy atom. The highest BCUT2D eigenvalue weighted by Crippen LogP contribution is 2.24. The molecule has 5 nitrogen and oxygen atoms in total. The third-order valence-electron chi connectivity index (χ3n) is 2.23. The number of nitrogens with one attached hydrogen (secondary N) is 1. The van der Waals surface area contributed by atoms with Gasteiger partial charge in [-0.25, -0.2) is 4.98 Å². The van der Waals surface area contributed by atoms with Crippen LogP contribution in [-0.4, -0.2) is 28.6 Å². The van der Waals surface area contributed by atoms with Crippen LogP contribution < -0.4 is 11.1 Å². The van der Waals surface area contributed by atoms with E-state index >= 15 is 0 Å². The van der Waals surface area contributed by atoms with E-state index in [0.29, 0.717) is 10.7 Å². The molecule has 1 heterocycles. The van der Waals surface area contributed by atoms with Gasteiger partial charge >= 0.3 is 0 Å². The number of hydrogen-bond donors (Lipinski definition) is 3. The van der Waals surface area contributed by atoms with Gasteiger partial charge in [-0.1, -0.05) is 11.3 Å². The number of amides is 1. The van der Waals surface area contributed by atoms with E-state index in [1.807, 2.05) is 0 Å². The number of aliphatic hydroxyl groups excluding tert-OH is 1. The van der Waals surface area contributed by atoms with Crippen molar-refractivity contribution in [3.63, 3.8) is 0 Å². The first kappa shape index (κ1) is 11.8. The molecule has 0 unspecified atom stereocenters. The molecule has 1 atom stereocenters. The second-order valence-corrected chi connectivity index (χ2v) is 4.86. The average Bonchev–Trinajstić information content (AvgIpc) is 2.64. The Hall–Kier alpha value is -1.66. The number of rotatable bonds is 3. The molecule has 90 valence electrons. The van der Waals surface area contributed by atoms with Crippen molar-refractivity contribution in [1.82, 2.24) is 10.3 Å². The van der Waals surface area contributed by atoms with Gasteiger partial charge in [0.15, 0.2) is 5.13 Å². The molecule has 0 saturated heterocycles. The number of aliphatic hydroxyl groups is 1. The summed E-state index contributed by atoms with van der Waals surface area (Å²) in [5.74, 6) is -0.209. The van der Waals surface area contributed by atoms with E-state index in [9.17, 15) is 4.79 Å². The standard InChI is InChI=1S/C11H13N3O2S/c1-6(15)5-13-10(16)7-2-3-8-9(4-7)17-11(12)14-8/h2-4,6,15H,5H2,1H3,(H2,12,14)(H,13,16)/t6-/m0/s1. The first-order valence-corrected chi connectivity index (χ1v) is 6.00. The van der Waals surface area contributed by atoms with Crippen molar-refractivity contribution in [3.05, 3.63) is 23.8 Å². The zero-order valence-electron chi connectivity index (χ0n) is 9.30. The maximum absolute atomic E-state index is 11.7.